The Hall–Kier alpha value is -2.08. The summed E-state index contributed by atoms with van der Waals surface area (Å²) in [6.45, 7) is 7.09. The summed E-state index contributed by atoms with van der Waals surface area (Å²) in [5.74, 6) is -0.167. The number of ether oxygens (including phenoxy) is 2. The quantitative estimate of drug-likeness (QED) is 0.741. The number of fused-ring (bicyclic) bond motifs is 1. The molecule has 6 nitrogen and oxygen atoms in total. The van der Waals surface area contributed by atoms with E-state index in [4.69, 9.17) is 9.47 Å². The van der Waals surface area contributed by atoms with Gasteiger partial charge in [0.2, 0.25) is 0 Å². The molecule has 0 spiro atoms. The van der Waals surface area contributed by atoms with Gasteiger partial charge in [0.05, 0.1) is 19.6 Å². The summed E-state index contributed by atoms with van der Waals surface area (Å²) in [5, 5.41) is 0. The molecule has 28 heavy (non-hydrogen) atoms. The van der Waals surface area contributed by atoms with Crippen molar-refractivity contribution in [3.8, 4) is 0 Å². The van der Waals surface area contributed by atoms with Crippen LogP contribution in [0.2, 0.25) is 0 Å². The van der Waals surface area contributed by atoms with Crippen LogP contribution >= 0.6 is 0 Å². The van der Waals surface area contributed by atoms with Gasteiger partial charge in [0.1, 0.15) is 5.60 Å². The molecule has 0 radical (unpaired) electrons. The molecule has 0 unspecified atom stereocenters. The molecular weight excluding hydrogens is 356 g/mol. The Balaban J connectivity index is 1.78. The van der Waals surface area contributed by atoms with Gasteiger partial charge >= 0.3 is 12.1 Å². The van der Waals surface area contributed by atoms with Gasteiger partial charge < -0.3 is 14.4 Å². The molecule has 1 aromatic rings. The number of piperazine rings is 1. The number of esters is 1. The second kappa shape index (κ2) is 8.52. The minimum Gasteiger partial charge on any atom is -0.469 e. The minimum atomic E-state index is -0.519. The number of rotatable bonds is 4. The van der Waals surface area contributed by atoms with Crippen LogP contribution in [0.4, 0.5) is 4.79 Å². The van der Waals surface area contributed by atoms with Gasteiger partial charge in [-0.3, -0.25) is 9.69 Å². The van der Waals surface area contributed by atoms with Crippen molar-refractivity contribution in [3.63, 3.8) is 0 Å². The van der Waals surface area contributed by atoms with Crippen molar-refractivity contribution in [1.82, 2.24) is 9.80 Å². The van der Waals surface area contributed by atoms with Crippen LogP contribution in [0.3, 0.4) is 0 Å². The highest BCUT2D eigenvalue weighted by Gasteiger charge is 2.44. The predicted octanol–water partition coefficient (Wildman–Crippen LogP) is 3.24. The van der Waals surface area contributed by atoms with Crippen LogP contribution < -0.4 is 0 Å². The van der Waals surface area contributed by atoms with Crippen LogP contribution in [-0.4, -0.2) is 65.8 Å². The van der Waals surface area contributed by atoms with E-state index in [0.717, 1.165) is 25.8 Å². The first kappa shape index (κ1) is 20.6. The largest absolute Gasteiger partial charge is 0.469 e. The Morgan fingerprint density at radius 2 is 1.79 bits per heavy atom. The molecule has 1 amide bonds. The topological polar surface area (TPSA) is 59.1 Å². The first-order chi connectivity index (χ1) is 13.3. The van der Waals surface area contributed by atoms with Crippen LogP contribution in [0.25, 0.3) is 0 Å². The minimum absolute atomic E-state index is 0.0201. The van der Waals surface area contributed by atoms with Gasteiger partial charge in [0.25, 0.3) is 0 Å². The summed E-state index contributed by atoms with van der Waals surface area (Å²) in [4.78, 5) is 29.0. The van der Waals surface area contributed by atoms with E-state index in [0.29, 0.717) is 13.0 Å². The second-order valence-electron chi connectivity index (χ2n) is 8.84. The zero-order valence-electron chi connectivity index (χ0n) is 17.4. The molecule has 3 atom stereocenters. The van der Waals surface area contributed by atoms with E-state index in [-0.39, 0.29) is 30.2 Å². The van der Waals surface area contributed by atoms with Gasteiger partial charge in [-0.15, -0.1) is 0 Å². The summed E-state index contributed by atoms with van der Waals surface area (Å²) >= 11 is 0. The van der Waals surface area contributed by atoms with Crippen molar-refractivity contribution in [3.05, 3.63) is 35.9 Å². The first-order valence-electron chi connectivity index (χ1n) is 10.1. The van der Waals surface area contributed by atoms with Crippen LogP contribution in [0.1, 0.15) is 45.6 Å². The summed E-state index contributed by atoms with van der Waals surface area (Å²) in [6, 6.07) is 10.7. The van der Waals surface area contributed by atoms with E-state index in [2.05, 4.69) is 17.0 Å². The van der Waals surface area contributed by atoms with E-state index < -0.39 is 5.60 Å². The number of methoxy groups -OCH3 is 1. The normalized spacial score (nSPS) is 25.3. The lowest BCUT2D eigenvalue weighted by molar-refractivity contribution is -0.142. The van der Waals surface area contributed by atoms with Crippen molar-refractivity contribution in [2.24, 2.45) is 0 Å². The van der Waals surface area contributed by atoms with Crippen LogP contribution in [0, 0.1) is 0 Å². The van der Waals surface area contributed by atoms with Crippen molar-refractivity contribution < 1.29 is 19.1 Å². The van der Waals surface area contributed by atoms with Crippen molar-refractivity contribution in [2.45, 2.75) is 70.2 Å². The number of carbonyl (C=O) groups excluding carboxylic acids is 2. The summed E-state index contributed by atoms with van der Waals surface area (Å²) in [5.41, 5.74) is 0.678. The van der Waals surface area contributed by atoms with Crippen molar-refractivity contribution >= 4 is 12.1 Å². The SMILES string of the molecule is COC(=O)C[C@@H]1CC[C@@H]2CN(C(=O)OC(C)(C)C)[C@H](Cc3ccccc3)CN21. The Labute approximate surface area is 167 Å². The maximum absolute atomic E-state index is 12.9. The molecule has 0 bridgehead atoms. The molecule has 0 aromatic heterocycles. The molecule has 0 saturated carbocycles. The highest BCUT2D eigenvalue weighted by atomic mass is 16.6. The van der Waals surface area contributed by atoms with E-state index in [9.17, 15) is 9.59 Å². The molecule has 1 aromatic carbocycles. The average Bonchev–Trinajstić information content (AvgIpc) is 3.02. The molecule has 2 saturated heterocycles. The van der Waals surface area contributed by atoms with Gasteiger partial charge in [-0.05, 0) is 45.6 Å². The van der Waals surface area contributed by atoms with Crippen LogP contribution in [0.15, 0.2) is 30.3 Å². The molecule has 2 heterocycles. The Bertz CT molecular complexity index is 686. The Morgan fingerprint density at radius 3 is 2.43 bits per heavy atom. The standard InChI is InChI=1S/C22H32N2O4/c1-22(2,3)28-21(26)24-14-18-11-10-17(13-20(25)27-4)23(18)15-19(24)12-16-8-6-5-7-9-16/h5-9,17-19H,10-15H2,1-4H3/t17-,18+,19+/m0/s1. The van der Waals surface area contributed by atoms with Crippen LogP contribution in [0.5, 0.6) is 0 Å². The number of benzene rings is 1. The maximum Gasteiger partial charge on any atom is 0.410 e. The lowest BCUT2D eigenvalue weighted by Crippen LogP contribution is -2.60. The van der Waals surface area contributed by atoms with Gasteiger partial charge in [-0.25, -0.2) is 4.79 Å². The summed E-state index contributed by atoms with van der Waals surface area (Å²) in [7, 11) is 1.44. The average molecular weight is 389 g/mol. The fraction of sp³-hybridized carbons (Fsp3) is 0.636. The first-order valence-corrected chi connectivity index (χ1v) is 10.1. The highest BCUT2D eigenvalue weighted by molar-refractivity contribution is 5.70. The van der Waals surface area contributed by atoms with E-state index in [1.54, 1.807) is 0 Å². The third kappa shape index (κ3) is 5.04. The van der Waals surface area contributed by atoms with E-state index in [1.165, 1.54) is 12.7 Å². The molecule has 6 heteroatoms. The smallest absolute Gasteiger partial charge is 0.410 e. The lowest BCUT2D eigenvalue weighted by atomic mass is 10.00. The van der Waals surface area contributed by atoms with Gasteiger partial charge in [-0.2, -0.15) is 0 Å². The predicted molar refractivity (Wildman–Crippen MR) is 107 cm³/mol. The molecule has 2 fully saturated rings. The number of hydrogen-bond acceptors (Lipinski definition) is 5. The van der Waals surface area contributed by atoms with Crippen molar-refractivity contribution in [1.29, 1.82) is 0 Å². The van der Waals surface area contributed by atoms with E-state index >= 15 is 0 Å². The molecule has 3 rings (SSSR count). The molecule has 0 N–H and O–H groups in total. The maximum atomic E-state index is 12.9. The molecule has 154 valence electrons. The third-order valence-electron chi connectivity index (χ3n) is 5.61. The van der Waals surface area contributed by atoms with Crippen LogP contribution in [-0.2, 0) is 20.7 Å². The van der Waals surface area contributed by atoms with Gasteiger partial charge in [0, 0.05) is 25.2 Å². The summed E-state index contributed by atoms with van der Waals surface area (Å²) < 4.78 is 10.6. The lowest BCUT2D eigenvalue weighted by Gasteiger charge is -2.45. The Kier molecular flexibility index (Phi) is 6.28. The number of amides is 1. The molecule has 0 aliphatic carbocycles. The highest BCUT2D eigenvalue weighted by Crippen LogP contribution is 2.33. The summed E-state index contributed by atoms with van der Waals surface area (Å²) in [6.07, 6.45) is 2.88. The number of nitrogens with zero attached hydrogens (tertiary/aromatic N) is 2. The molecule has 2 aliphatic rings. The Morgan fingerprint density at radius 1 is 1.07 bits per heavy atom. The zero-order valence-corrected chi connectivity index (χ0v) is 17.4. The third-order valence-corrected chi connectivity index (χ3v) is 5.61. The van der Waals surface area contributed by atoms with E-state index in [1.807, 2.05) is 43.9 Å². The monoisotopic (exact) mass is 388 g/mol. The fourth-order valence-electron chi connectivity index (χ4n) is 4.33. The number of hydrogen-bond donors (Lipinski definition) is 0. The second-order valence-corrected chi connectivity index (χ2v) is 8.84. The van der Waals surface area contributed by atoms with Gasteiger partial charge in [0.15, 0.2) is 0 Å². The molecule has 2 aliphatic heterocycles. The van der Waals surface area contributed by atoms with Gasteiger partial charge in [-0.1, -0.05) is 30.3 Å². The molecular formula is C22H32N2O4. The zero-order chi connectivity index (χ0) is 20.3. The fourth-order valence-corrected chi connectivity index (χ4v) is 4.33. The number of carbonyl (C=O) groups is 2. The van der Waals surface area contributed by atoms with Crippen molar-refractivity contribution in [2.75, 3.05) is 20.2 Å².